The van der Waals surface area contributed by atoms with Crippen LogP contribution in [0.5, 0.6) is 0 Å². The quantitative estimate of drug-likeness (QED) is 0.322. The first-order chi connectivity index (χ1) is 8.67. The number of rotatable bonds is 11. The highest BCUT2D eigenvalue weighted by atomic mass is 14.9. The van der Waals surface area contributed by atoms with Crippen LogP contribution in [0.1, 0.15) is 65.7 Å². The predicted molar refractivity (Wildman–Crippen MR) is 82.6 cm³/mol. The van der Waals surface area contributed by atoms with Crippen molar-refractivity contribution in [2.24, 2.45) is 5.92 Å². The van der Waals surface area contributed by atoms with E-state index >= 15 is 0 Å². The van der Waals surface area contributed by atoms with Gasteiger partial charge in [0.15, 0.2) is 0 Å². The highest BCUT2D eigenvalue weighted by Crippen LogP contribution is 2.17. The Labute approximate surface area is 114 Å². The molecule has 0 aliphatic heterocycles. The lowest BCUT2D eigenvalue weighted by molar-refractivity contribution is 0.467. The van der Waals surface area contributed by atoms with E-state index in [0.29, 0.717) is 6.04 Å². The Morgan fingerprint density at radius 2 is 1.83 bits per heavy atom. The van der Waals surface area contributed by atoms with Gasteiger partial charge < -0.3 is 5.32 Å². The van der Waals surface area contributed by atoms with E-state index in [1.807, 2.05) is 0 Å². The summed E-state index contributed by atoms with van der Waals surface area (Å²) in [7, 11) is 0. The largest absolute Gasteiger partial charge is 0.309 e. The van der Waals surface area contributed by atoms with Gasteiger partial charge in [-0.25, -0.2) is 0 Å². The molecule has 2 unspecified atom stereocenters. The highest BCUT2D eigenvalue weighted by molar-refractivity contribution is 5.13. The van der Waals surface area contributed by atoms with Crippen LogP contribution < -0.4 is 5.32 Å². The first kappa shape index (κ1) is 17.3. The van der Waals surface area contributed by atoms with Crippen LogP contribution in [0.4, 0.5) is 0 Å². The summed E-state index contributed by atoms with van der Waals surface area (Å²) < 4.78 is 0. The van der Waals surface area contributed by atoms with Crippen molar-refractivity contribution in [1.29, 1.82) is 0 Å². The van der Waals surface area contributed by atoms with Gasteiger partial charge in [-0.15, -0.1) is 12.3 Å². The van der Waals surface area contributed by atoms with Crippen molar-refractivity contribution < 1.29 is 0 Å². The molecular formula is C17H31N. The summed E-state index contributed by atoms with van der Waals surface area (Å²) in [4.78, 5) is 0. The Hall–Kier alpha value is -0.740. The number of nitrogens with one attached hydrogen (secondary N) is 1. The van der Waals surface area contributed by atoms with Crippen LogP contribution in [0, 0.1) is 18.3 Å². The SMILES string of the molecule is C#CC(C)C(NCCCC)C(=C)CCCCCC. The number of unbranched alkanes of at least 4 members (excludes halogenated alkanes) is 4. The topological polar surface area (TPSA) is 12.0 Å². The van der Waals surface area contributed by atoms with Crippen molar-refractivity contribution in [2.75, 3.05) is 6.54 Å². The molecule has 0 aromatic heterocycles. The standard InChI is InChI=1S/C17H31N/c1-6-9-11-12-13-16(5)17(15(4)8-3)18-14-10-7-2/h3,15,17-18H,5-7,9-14H2,1-2,4H3. The van der Waals surface area contributed by atoms with Gasteiger partial charge in [-0.1, -0.05) is 51.7 Å². The van der Waals surface area contributed by atoms with Gasteiger partial charge in [-0.3, -0.25) is 0 Å². The molecule has 1 heteroatoms. The molecule has 104 valence electrons. The predicted octanol–water partition coefficient (Wildman–Crippen LogP) is 4.54. The summed E-state index contributed by atoms with van der Waals surface area (Å²) in [5.41, 5.74) is 1.28. The minimum absolute atomic E-state index is 0.237. The molecular weight excluding hydrogens is 218 g/mol. The van der Waals surface area contributed by atoms with Crippen LogP contribution in [0.2, 0.25) is 0 Å². The number of hydrogen-bond donors (Lipinski definition) is 1. The smallest absolute Gasteiger partial charge is 0.0413 e. The molecule has 0 aliphatic carbocycles. The third-order valence-electron chi connectivity index (χ3n) is 3.45. The van der Waals surface area contributed by atoms with E-state index in [4.69, 9.17) is 6.42 Å². The third kappa shape index (κ3) is 7.56. The molecule has 0 fully saturated rings. The lowest BCUT2D eigenvalue weighted by Gasteiger charge is -2.24. The van der Waals surface area contributed by atoms with Gasteiger partial charge in [-0.05, 0) is 32.7 Å². The van der Waals surface area contributed by atoms with Gasteiger partial charge in [0.1, 0.15) is 0 Å². The van der Waals surface area contributed by atoms with E-state index in [1.165, 1.54) is 44.1 Å². The van der Waals surface area contributed by atoms with E-state index in [1.54, 1.807) is 0 Å². The van der Waals surface area contributed by atoms with Crippen LogP contribution in [-0.4, -0.2) is 12.6 Å². The summed E-state index contributed by atoms with van der Waals surface area (Å²) >= 11 is 0. The molecule has 0 bridgehead atoms. The first-order valence-electron chi connectivity index (χ1n) is 7.54. The van der Waals surface area contributed by atoms with Crippen molar-refractivity contribution >= 4 is 0 Å². The fraction of sp³-hybridized carbons (Fsp3) is 0.765. The van der Waals surface area contributed by atoms with Crippen LogP contribution in [0.15, 0.2) is 12.2 Å². The molecule has 0 saturated carbocycles. The molecule has 0 amide bonds. The molecule has 0 radical (unpaired) electrons. The zero-order valence-corrected chi connectivity index (χ0v) is 12.6. The molecule has 0 heterocycles. The van der Waals surface area contributed by atoms with Crippen LogP contribution in [-0.2, 0) is 0 Å². The summed E-state index contributed by atoms with van der Waals surface area (Å²) in [5.74, 6) is 3.09. The van der Waals surface area contributed by atoms with E-state index in [-0.39, 0.29) is 5.92 Å². The van der Waals surface area contributed by atoms with Crippen molar-refractivity contribution in [1.82, 2.24) is 5.32 Å². The Morgan fingerprint density at radius 3 is 2.39 bits per heavy atom. The van der Waals surface area contributed by atoms with Gasteiger partial charge in [0.25, 0.3) is 0 Å². The van der Waals surface area contributed by atoms with Crippen molar-refractivity contribution in [3.8, 4) is 12.3 Å². The molecule has 0 rings (SSSR count). The van der Waals surface area contributed by atoms with Gasteiger partial charge in [0.05, 0.1) is 0 Å². The van der Waals surface area contributed by atoms with E-state index in [2.05, 4.69) is 38.6 Å². The normalized spacial score (nSPS) is 13.9. The Kier molecular flexibility index (Phi) is 10.9. The molecule has 0 saturated heterocycles. The number of terminal acetylenes is 1. The van der Waals surface area contributed by atoms with E-state index in [9.17, 15) is 0 Å². The van der Waals surface area contributed by atoms with Gasteiger partial charge in [0.2, 0.25) is 0 Å². The lowest BCUT2D eigenvalue weighted by Crippen LogP contribution is -2.36. The lowest BCUT2D eigenvalue weighted by atomic mass is 9.92. The van der Waals surface area contributed by atoms with Crippen molar-refractivity contribution in [3.63, 3.8) is 0 Å². The third-order valence-corrected chi connectivity index (χ3v) is 3.45. The summed E-state index contributed by atoms with van der Waals surface area (Å²) in [5, 5.41) is 3.57. The maximum atomic E-state index is 5.56. The first-order valence-corrected chi connectivity index (χ1v) is 7.54. The Morgan fingerprint density at radius 1 is 1.17 bits per heavy atom. The monoisotopic (exact) mass is 249 g/mol. The minimum atomic E-state index is 0.237. The summed E-state index contributed by atoms with van der Waals surface area (Å²) in [6.07, 6.45) is 14.2. The van der Waals surface area contributed by atoms with Crippen molar-refractivity contribution in [3.05, 3.63) is 12.2 Å². The average molecular weight is 249 g/mol. The molecule has 2 atom stereocenters. The molecule has 1 N–H and O–H groups in total. The van der Waals surface area contributed by atoms with Crippen LogP contribution >= 0.6 is 0 Å². The van der Waals surface area contributed by atoms with Crippen LogP contribution in [0.25, 0.3) is 0 Å². The summed E-state index contributed by atoms with van der Waals surface area (Å²) in [6, 6.07) is 0.295. The molecule has 0 aromatic rings. The zero-order chi connectivity index (χ0) is 13.8. The van der Waals surface area contributed by atoms with Crippen LogP contribution in [0.3, 0.4) is 0 Å². The second-order valence-electron chi connectivity index (χ2n) is 5.21. The maximum absolute atomic E-state index is 5.56. The molecule has 0 aromatic carbocycles. The van der Waals surface area contributed by atoms with E-state index in [0.717, 1.165) is 13.0 Å². The van der Waals surface area contributed by atoms with Gasteiger partial charge in [0, 0.05) is 12.0 Å². The van der Waals surface area contributed by atoms with Gasteiger partial charge >= 0.3 is 0 Å². The highest BCUT2D eigenvalue weighted by Gasteiger charge is 2.17. The van der Waals surface area contributed by atoms with E-state index < -0.39 is 0 Å². The molecule has 18 heavy (non-hydrogen) atoms. The molecule has 0 spiro atoms. The maximum Gasteiger partial charge on any atom is 0.0413 e. The minimum Gasteiger partial charge on any atom is -0.309 e. The second kappa shape index (κ2) is 11.4. The fourth-order valence-corrected chi connectivity index (χ4v) is 2.14. The van der Waals surface area contributed by atoms with Gasteiger partial charge in [-0.2, -0.15) is 0 Å². The molecule has 1 nitrogen and oxygen atoms in total. The average Bonchev–Trinajstić information content (AvgIpc) is 2.38. The second-order valence-corrected chi connectivity index (χ2v) is 5.21. The number of hydrogen-bond acceptors (Lipinski definition) is 1. The fourth-order valence-electron chi connectivity index (χ4n) is 2.14. The van der Waals surface area contributed by atoms with Crippen molar-refractivity contribution in [2.45, 2.75) is 71.8 Å². The Bertz CT molecular complexity index is 249. The molecule has 0 aliphatic rings. The summed E-state index contributed by atoms with van der Waals surface area (Å²) in [6.45, 7) is 11.8. The Balaban J connectivity index is 4.11. The zero-order valence-electron chi connectivity index (χ0n) is 12.6.